The molecule has 0 bridgehead atoms. The second kappa shape index (κ2) is 8.09. The number of benzene rings is 2. The highest BCUT2D eigenvalue weighted by Gasteiger charge is 2.22. The average molecular weight is 354 g/mol. The van der Waals surface area contributed by atoms with Gasteiger partial charge in [0.25, 0.3) is 5.91 Å². The maximum Gasteiger partial charge on any atom is 0.253 e. The van der Waals surface area contributed by atoms with Gasteiger partial charge >= 0.3 is 0 Å². The van der Waals surface area contributed by atoms with E-state index in [1.807, 2.05) is 23.1 Å². The van der Waals surface area contributed by atoms with Crippen LogP contribution in [0.2, 0.25) is 0 Å². The second-order valence-corrected chi connectivity index (χ2v) is 6.56. The van der Waals surface area contributed by atoms with E-state index in [0.717, 1.165) is 38.4 Å². The lowest BCUT2D eigenvalue weighted by molar-refractivity contribution is 0.0628. The normalized spacial score (nSPS) is 15.0. The predicted octanol–water partition coefficient (Wildman–Crippen LogP) is 2.30. The second-order valence-electron chi connectivity index (χ2n) is 6.12. The van der Waals surface area contributed by atoms with Crippen LogP contribution in [0.3, 0.4) is 0 Å². The fourth-order valence-corrected chi connectivity index (χ4v) is 3.09. The third kappa shape index (κ3) is 4.78. The smallest absolute Gasteiger partial charge is 0.253 e. The van der Waals surface area contributed by atoms with Crippen LogP contribution in [0, 0.1) is 0 Å². The van der Waals surface area contributed by atoms with Gasteiger partial charge < -0.3 is 16.0 Å². The van der Waals surface area contributed by atoms with Crippen LogP contribution < -0.4 is 11.1 Å². The summed E-state index contributed by atoms with van der Waals surface area (Å²) in [7, 11) is 0. The number of nitrogens with two attached hydrogens (primary N) is 1. The van der Waals surface area contributed by atoms with Gasteiger partial charge in [0, 0.05) is 44.0 Å². The van der Waals surface area contributed by atoms with Crippen LogP contribution in [-0.4, -0.2) is 47.0 Å². The summed E-state index contributed by atoms with van der Waals surface area (Å²) in [6.45, 7) is 4.21. The molecule has 25 heavy (non-hydrogen) atoms. The number of carbonyl (C=O) groups excluding carboxylic acids is 1. The lowest BCUT2D eigenvalue weighted by Gasteiger charge is -2.34. The number of nitrogens with zero attached hydrogens (tertiary/aromatic N) is 2. The molecule has 2 aromatic carbocycles. The summed E-state index contributed by atoms with van der Waals surface area (Å²) in [4.78, 5) is 16.9. The number of carbonyl (C=O) groups is 1. The van der Waals surface area contributed by atoms with Crippen LogP contribution in [-0.2, 0) is 6.54 Å². The standard InChI is InChI=1S/C19H22N4OS/c20-19(25)21-17-8-6-16(7-9-17)18(24)23-12-10-22(11-13-23)14-15-4-2-1-3-5-15/h1-9H,10-14H2,(H3,20,21,25). The van der Waals surface area contributed by atoms with Gasteiger partial charge in [0.2, 0.25) is 0 Å². The van der Waals surface area contributed by atoms with Gasteiger partial charge in [0.05, 0.1) is 0 Å². The molecule has 130 valence electrons. The first-order chi connectivity index (χ1) is 12.1. The SMILES string of the molecule is NC(=S)Nc1ccc(C(=O)N2CCN(Cc3ccccc3)CC2)cc1. The Morgan fingerprint density at radius 2 is 1.64 bits per heavy atom. The fourth-order valence-electron chi connectivity index (χ4n) is 2.97. The van der Waals surface area contributed by atoms with Crippen LogP contribution in [0.5, 0.6) is 0 Å². The lowest BCUT2D eigenvalue weighted by atomic mass is 10.1. The third-order valence-electron chi connectivity index (χ3n) is 4.31. The Morgan fingerprint density at radius 1 is 1.00 bits per heavy atom. The summed E-state index contributed by atoms with van der Waals surface area (Å²) < 4.78 is 0. The molecule has 0 aromatic heterocycles. The van der Waals surface area contributed by atoms with Gasteiger partial charge in [-0.05, 0) is 42.0 Å². The van der Waals surface area contributed by atoms with E-state index in [4.69, 9.17) is 18.0 Å². The van der Waals surface area contributed by atoms with E-state index in [2.05, 4.69) is 34.5 Å². The van der Waals surface area contributed by atoms with Crippen LogP contribution >= 0.6 is 12.2 Å². The Bertz CT molecular complexity index is 725. The van der Waals surface area contributed by atoms with E-state index in [0.29, 0.717) is 5.56 Å². The first kappa shape index (κ1) is 17.4. The monoisotopic (exact) mass is 354 g/mol. The summed E-state index contributed by atoms with van der Waals surface area (Å²) in [6.07, 6.45) is 0. The highest BCUT2D eigenvalue weighted by molar-refractivity contribution is 7.80. The zero-order valence-electron chi connectivity index (χ0n) is 14.0. The molecular weight excluding hydrogens is 332 g/mol. The Hall–Kier alpha value is -2.44. The average Bonchev–Trinajstić information content (AvgIpc) is 2.63. The Labute approximate surface area is 153 Å². The van der Waals surface area contributed by atoms with Gasteiger partial charge in [-0.2, -0.15) is 0 Å². The highest BCUT2D eigenvalue weighted by Crippen LogP contribution is 2.14. The van der Waals surface area contributed by atoms with Crippen molar-refractivity contribution < 1.29 is 4.79 Å². The predicted molar refractivity (Wildman–Crippen MR) is 104 cm³/mol. The third-order valence-corrected chi connectivity index (χ3v) is 4.41. The maximum atomic E-state index is 12.6. The lowest BCUT2D eigenvalue weighted by Crippen LogP contribution is -2.48. The van der Waals surface area contributed by atoms with Crippen LogP contribution in [0.15, 0.2) is 54.6 Å². The molecule has 0 atom stereocenters. The van der Waals surface area contributed by atoms with Crippen molar-refractivity contribution in [2.24, 2.45) is 5.73 Å². The summed E-state index contributed by atoms with van der Waals surface area (Å²) in [5, 5.41) is 3.07. The van der Waals surface area contributed by atoms with E-state index in [-0.39, 0.29) is 11.0 Å². The number of hydrogen-bond donors (Lipinski definition) is 2. The molecule has 6 heteroatoms. The molecule has 1 saturated heterocycles. The van der Waals surface area contributed by atoms with Crippen LogP contribution in [0.4, 0.5) is 5.69 Å². The number of rotatable bonds is 4. The molecule has 0 radical (unpaired) electrons. The number of anilines is 1. The van der Waals surface area contributed by atoms with Crippen molar-refractivity contribution in [2.75, 3.05) is 31.5 Å². The minimum Gasteiger partial charge on any atom is -0.376 e. The van der Waals surface area contributed by atoms with Crippen molar-refractivity contribution in [1.82, 2.24) is 9.80 Å². The van der Waals surface area contributed by atoms with Crippen molar-refractivity contribution in [1.29, 1.82) is 0 Å². The van der Waals surface area contributed by atoms with Gasteiger partial charge in [-0.1, -0.05) is 30.3 Å². The minimum absolute atomic E-state index is 0.0706. The minimum atomic E-state index is 0.0706. The van der Waals surface area contributed by atoms with E-state index in [1.54, 1.807) is 12.1 Å². The van der Waals surface area contributed by atoms with E-state index < -0.39 is 0 Å². The first-order valence-electron chi connectivity index (χ1n) is 8.34. The van der Waals surface area contributed by atoms with Gasteiger partial charge in [-0.25, -0.2) is 0 Å². The number of piperazine rings is 1. The van der Waals surface area contributed by atoms with Crippen molar-refractivity contribution in [3.8, 4) is 0 Å². The molecule has 1 amide bonds. The zero-order valence-corrected chi connectivity index (χ0v) is 14.8. The first-order valence-corrected chi connectivity index (χ1v) is 8.75. The summed E-state index contributed by atoms with van der Waals surface area (Å²) >= 11 is 4.81. The molecule has 0 spiro atoms. The van der Waals surface area contributed by atoms with Crippen LogP contribution in [0.1, 0.15) is 15.9 Å². The largest absolute Gasteiger partial charge is 0.376 e. The summed E-state index contributed by atoms with van der Waals surface area (Å²) in [6, 6.07) is 17.7. The molecule has 0 aliphatic carbocycles. The number of amides is 1. The summed E-state index contributed by atoms with van der Waals surface area (Å²) in [5.74, 6) is 0.0706. The van der Waals surface area contributed by atoms with Gasteiger partial charge in [-0.3, -0.25) is 9.69 Å². The van der Waals surface area contributed by atoms with E-state index in [9.17, 15) is 4.79 Å². The van der Waals surface area contributed by atoms with Gasteiger partial charge in [0.15, 0.2) is 5.11 Å². The van der Waals surface area contributed by atoms with Crippen molar-refractivity contribution in [2.45, 2.75) is 6.54 Å². The molecule has 3 rings (SSSR count). The Balaban J connectivity index is 1.53. The van der Waals surface area contributed by atoms with Gasteiger partial charge in [0.1, 0.15) is 0 Å². The molecule has 3 N–H and O–H groups in total. The molecule has 0 unspecified atom stereocenters. The maximum absolute atomic E-state index is 12.6. The van der Waals surface area contributed by atoms with Crippen molar-refractivity contribution in [3.63, 3.8) is 0 Å². The van der Waals surface area contributed by atoms with E-state index in [1.165, 1.54) is 5.56 Å². The quantitative estimate of drug-likeness (QED) is 0.825. The molecule has 5 nitrogen and oxygen atoms in total. The molecule has 1 heterocycles. The number of nitrogens with one attached hydrogen (secondary N) is 1. The number of thiocarbonyl (C=S) groups is 1. The molecule has 1 aliphatic heterocycles. The fraction of sp³-hybridized carbons (Fsp3) is 0.263. The topological polar surface area (TPSA) is 61.6 Å². The summed E-state index contributed by atoms with van der Waals surface area (Å²) in [5.41, 5.74) is 8.23. The molecule has 1 aliphatic rings. The Morgan fingerprint density at radius 3 is 2.24 bits per heavy atom. The van der Waals surface area contributed by atoms with Gasteiger partial charge in [-0.15, -0.1) is 0 Å². The Kier molecular flexibility index (Phi) is 5.63. The molecule has 2 aromatic rings. The zero-order chi connectivity index (χ0) is 17.6. The van der Waals surface area contributed by atoms with E-state index >= 15 is 0 Å². The van der Waals surface area contributed by atoms with Crippen LogP contribution in [0.25, 0.3) is 0 Å². The molecular formula is C19H22N4OS. The molecule has 1 fully saturated rings. The highest BCUT2D eigenvalue weighted by atomic mass is 32.1. The van der Waals surface area contributed by atoms with Crippen molar-refractivity contribution >= 4 is 28.9 Å². The number of hydrogen-bond acceptors (Lipinski definition) is 3. The molecule has 0 saturated carbocycles. The van der Waals surface area contributed by atoms with Crippen molar-refractivity contribution in [3.05, 3.63) is 65.7 Å².